The Bertz CT molecular complexity index is 2380. The molecule has 0 radical (unpaired) electrons. The van der Waals surface area contributed by atoms with E-state index in [0.717, 1.165) is 51.1 Å². The molecular weight excluding hydrogens is 645 g/mol. The summed E-state index contributed by atoms with van der Waals surface area (Å²) in [6.45, 7) is 9.33. The first kappa shape index (κ1) is 33.4. The summed E-state index contributed by atoms with van der Waals surface area (Å²) in [4.78, 5) is 15.5. The van der Waals surface area contributed by atoms with Gasteiger partial charge >= 0.3 is 0 Å². The highest BCUT2D eigenvalue weighted by Crippen LogP contribution is 2.55. The first-order valence-electron chi connectivity index (χ1n) is 19.5. The van der Waals surface area contributed by atoms with Crippen LogP contribution >= 0.6 is 0 Å². The molecule has 53 heavy (non-hydrogen) atoms. The summed E-state index contributed by atoms with van der Waals surface area (Å²) in [5, 5.41) is 9.63. The van der Waals surface area contributed by atoms with E-state index in [1.165, 1.54) is 60.8 Å². The van der Waals surface area contributed by atoms with Crippen LogP contribution in [0, 0.1) is 29.1 Å². The van der Waals surface area contributed by atoms with E-state index in [-0.39, 0.29) is 5.41 Å². The molecule has 0 amide bonds. The minimum Gasteiger partial charge on any atom is -0.208 e. The average Bonchev–Trinajstić information content (AvgIpc) is 3.42. The van der Waals surface area contributed by atoms with Crippen LogP contribution in [0.15, 0.2) is 115 Å². The molecule has 2 bridgehead atoms. The van der Waals surface area contributed by atoms with Gasteiger partial charge in [0, 0.05) is 22.1 Å². The highest BCUT2D eigenvalue weighted by Gasteiger charge is 2.45. The van der Waals surface area contributed by atoms with Crippen LogP contribution in [0.4, 0.5) is 0 Å². The van der Waals surface area contributed by atoms with Crippen LogP contribution in [0.5, 0.6) is 0 Å². The van der Waals surface area contributed by atoms with Crippen LogP contribution in [-0.4, -0.2) is 15.0 Å². The fourth-order valence-electron chi connectivity index (χ4n) is 10.4. The standard InChI is InChI=1S/C49H46N4/c1-5-32-24-34-23-31(2)27-49(28-32,29-34)38-19-16-35(17-20-38)39-13-9-10-14-41(39)47-52-45(36-11-7-6-8-12-36)51-46(53-47)37-18-22-43-42(26-37)40-21-15-33(30-50)25-44(40)48(43,3)4/h6-22,25-26,31-32,34H,5,23-24,27-29H2,1-4H3/t31-,32+,34-,49?/m0/s1. The van der Waals surface area contributed by atoms with Gasteiger partial charge in [-0.3, -0.25) is 0 Å². The lowest BCUT2D eigenvalue weighted by Crippen LogP contribution is -2.42. The molecule has 1 heterocycles. The fourth-order valence-corrected chi connectivity index (χ4v) is 10.4. The Labute approximate surface area is 314 Å². The second kappa shape index (κ2) is 12.9. The lowest BCUT2D eigenvalue weighted by Gasteiger charge is -2.51. The zero-order chi connectivity index (χ0) is 36.3. The second-order valence-electron chi connectivity index (χ2n) is 16.7. The Kier molecular flexibility index (Phi) is 8.15. The van der Waals surface area contributed by atoms with Gasteiger partial charge in [0.1, 0.15) is 0 Å². The number of benzene rings is 5. The summed E-state index contributed by atoms with van der Waals surface area (Å²) in [5.41, 5.74) is 12.2. The zero-order valence-electron chi connectivity index (χ0n) is 31.2. The van der Waals surface area contributed by atoms with Gasteiger partial charge in [0.05, 0.1) is 11.6 Å². The van der Waals surface area contributed by atoms with Crippen LogP contribution in [0.25, 0.3) is 56.4 Å². The average molecular weight is 691 g/mol. The minimum atomic E-state index is -0.213. The van der Waals surface area contributed by atoms with E-state index < -0.39 is 0 Å². The molecule has 3 aliphatic rings. The molecule has 3 aliphatic carbocycles. The normalized spacial score (nSPS) is 22.4. The largest absolute Gasteiger partial charge is 0.208 e. The fraction of sp³-hybridized carbons (Fsp3) is 0.306. The van der Waals surface area contributed by atoms with E-state index in [1.54, 1.807) is 0 Å². The predicted octanol–water partition coefficient (Wildman–Crippen LogP) is 12.2. The monoisotopic (exact) mass is 690 g/mol. The molecule has 4 atom stereocenters. The molecule has 4 heteroatoms. The Morgan fingerprint density at radius 1 is 0.623 bits per heavy atom. The van der Waals surface area contributed by atoms with Crippen LogP contribution in [0.3, 0.4) is 0 Å². The third-order valence-corrected chi connectivity index (χ3v) is 12.8. The number of rotatable bonds is 6. The zero-order valence-corrected chi connectivity index (χ0v) is 31.2. The predicted molar refractivity (Wildman–Crippen MR) is 215 cm³/mol. The van der Waals surface area contributed by atoms with Crippen molar-refractivity contribution in [1.29, 1.82) is 5.26 Å². The summed E-state index contributed by atoms with van der Waals surface area (Å²) in [6.07, 6.45) is 8.06. The maximum atomic E-state index is 9.63. The Balaban J connectivity index is 1.14. The number of fused-ring (bicyclic) bond motifs is 5. The van der Waals surface area contributed by atoms with Crippen molar-refractivity contribution in [3.8, 4) is 62.5 Å². The van der Waals surface area contributed by atoms with E-state index in [0.29, 0.717) is 28.5 Å². The quantitative estimate of drug-likeness (QED) is 0.174. The van der Waals surface area contributed by atoms with Gasteiger partial charge in [-0.1, -0.05) is 131 Å². The van der Waals surface area contributed by atoms with Gasteiger partial charge in [0.25, 0.3) is 0 Å². The van der Waals surface area contributed by atoms with Gasteiger partial charge < -0.3 is 0 Å². The lowest BCUT2D eigenvalue weighted by atomic mass is 9.54. The van der Waals surface area contributed by atoms with Gasteiger partial charge in [-0.25, -0.2) is 15.0 Å². The molecule has 2 fully saturated rings. The topological polar surface area (TPSA) is 62.5 Å². The van der Waals surface area contributed by atoms with Crippen LogP contribution in [0.2, 0.25) is 0 Å². The molecule has 0 N–H and O–H groups in total. The molecule has 2 saturated carbocycles. The van der Waals surface area contributed by atoms with E-state index in [2.05, 4.69) is 119 Å². The van der Waals surface area contributed by atoms with Crippen molar-refractivity contribution in [2.45, 2.75) is 77.0 Å². The number of hydrogen-bond donors (Lipinski definition) is 0. The Hall–Kier alpha value is -5.40. The van der Waals surface area contributed by atoms with Crippen LogP contribution in [-0.2, 0) is 10.8 Å². The number of nitriles is 1. The number of aromatic nitrogens is 3. The summed E-state index contributed by atoms with van der Waals surface area (Å²) in [7, 11) is 0. The second-order valence-corrected chi connectivity index (χ2v) is 16.7. The maximum absolute atomic E-state index is 9.63. The van der Waals surface area contributed by atoms with Crippen molar-refractivity contribution >= 4 is 0 Å². The smallest absolute Gasteiger partial charge is 0.164 e. The van der Waals surface area contributed by atoms with Gasteiger partial charge in [0.2, 0.25) is 0 Å². The van der Waals surface area contributed by atoms with E-state index >= 15 is 0 Å². The van der Waals surface area contributed by atoms with Crippen molar-refractivity contribution in [3.63, 3.8) is 0 Å². The van der Waals surface area contributed by atoms with Gasteiger partial charge in [-0.2, -0.15) is 5.26 Å². The SMILES string of the molecule is CC[C@@H]1C[C@@H]2C[C@H](C)CC(c3ccc(-c4ccccc4-c4nc(-c5ccccc5)nc(-c5ccc6c(c5)-c5ccc(C#N)cc5C6(C)C)n4)cc3)(C1)C2. The van der Waals surface area contributed by atoms with Crippen molar-refractivity contribution in [2.24, 2.45) is 17.8 Å². The molecular formula is C49H46N4. The minimum absolute atomic E-state index is 0.213. The summed E-state index contributed by atoms with van der Waals surface area (Å²) in [6, 6.07) is 43.2. The lowest BCUT2D eigenvalue weighted by molar-refractivity contribution is 0.0702. The molecule has 6 aromatic rings. The molecule has 5 aromatic carbocycles. The summed E-state index contributed by atoms with van der Waals surface area (Å²) >= 11 is 0. The van der Waals surface area contributed by atoms with Crippen molar-refractivity contribution in [3.05, 3.63) is 138 Å². The molecule has 262 valence electrons. The van der Waals surface area contributed by atoms with Crippen LogP contribution in [0.1, 0.15) is 88.5 Å². The molecule has 0 saturated heterocycles. The number of nitrogens with zero attached hydrogens (tertiary/aromatic N) is 4. The first-order chi connectivity index (χ1) is 25.7. The van der Waals surface area contributed by atoms with Crippen molar-refractivity contribution in [1.82, 2.24) is 15.0 Å². The van der Waals surface area contributed by atoms with Crippen LogP contribution < -0.4 is 0 Å². The van der Waals surface area contributed by atoms with E-state index in [9.17, 15) is 5.26 Å². The van der Waals surface area contributed by atoms with E-state index in [4.69, 9.17) is 15.0 Å². The highest BCUT2D eigenvalue weighted by atomic mass is 15.0. The summed E-state index contributed by atoms with van der Waals surface area (Å²) < 4.78 is 0. The third-order valence-electron chi connectivity index (χ3n) is 12.8. The summed E-state index contributed by atoms with van der Waals surface area (Å²) in [5.74, 6) is 4.43. The molecule has 0 aliphatic heterocycles. The molecule has 1 unspecified atom stereocenters. The molecule has 9 rings (SSSR count). The van der Waals surface area contributed by atoms with Crippen molar-refractivity contribution in [2.75, 3.05) is 0 Å². The molecule has 4 nitrogen and oxygen atoms in total. The Morgan fingerprint density at radius 3 is 2.08 bits per heavy atom. The van der Waals surface area contributed by atoms with Gasteiger partial charge in [0.15, 0.2) is 17.5 Å². The molecule has 1 aromatic heterocycles. The first-order valence-corrected chi connectivity index (χ1v) is 19.5. The molecule has 0 spiro atoms. The van der Waals surface area contributed by atoms with Gasteiger partial charge in [-0.05, 0) is 112 Å². The Morgan fingerprint density at radius 2 is 1.32 bits per heavy atom. The third kappa shape index (κ3) is 5.78. The van der Waals surface area contributed by atoms with E-state index in [1.807, 2.05) is 30.3 Å². The highest BCUT2D eigenvalue weighted by molar-refractivity contribution is 5.85. The number of hydrogen-bond acceptors (Lipinski definition) is 4. The maximum Gasteiger partial charge on any atom is 0.164 e. The van der Waals surface area contributed by atoms with Gasteiger partial charge in [-0.15, -0.1) is 0 Å². The van der Waals surface area contributed by atoms with Crippen molar-refractivity contribution < 1.29 is 0 Å².